The zero-order chi connectivity index (χ0) is 22.6. The number of pyridine rings is 1. The maximum absolute atomic E-state index is 13.9. The smallest absolute Gasteiger partial charge is 0.296 e. The number of nitrogens with zero attached hydrogens (tertiary/aromatic N) is 3. The molecule has 1 atom stereocenters. The third kappa shape index (κ3) is 2.94. The molecule has 1 amide bonds. The lowest BCUT2D eigenvalue weighted by atomic mass is 9.98. The van der Waals surface area contributed by atoms with E-state index in [1.165, 1.54) is 29.2 Å². The number of anilines is 1. The van der Waals surface area contributed by atoms with Crippen LogP contribution in [0.25, 0.3) is 11.0 Å². The number of nitro groups is 1. The fourth-order valence-electron chi connectivity index (χ4n) is 3.97. The quantitative estimate of drug-likeness (QED) is 0.354. The average Bonchev–Trinajstić information content (AvgIpc) is 3.07. The Morgan fingerprint density at radius 2 is 1.88 bits per heavy atom. The van der Waals surface area contributed by atoms with E-state index in [2.05, 4.69) is 4.98 Å². The summed E-state index contributed by atoms with van der Waals surface area (Å²) in [5.74, 6) is -1.18. The minimum Gasteiger partial charge on any atom is -0.450 e. The van der Waals surface area contributed by atoms with E-state index in [0.29, 0.717) is 11.3 Å². The minimum absolute atomic E-state index is 0.0168. The summed E-state index contributed by atoms with van der Waals surface area (Å²) in [6.07, 6.45) is 0. The van der Waals surface area contributed by atoms with Crippen molar-refractivity contribution in [2.45, 2.75) is 13.0 Å². The van der Waals surface area contributed by atoms with E-state index in [9.17, 15) is 24.1 Å². The molecular weight excluding hydrogens is 417 g/mol. The summed E-state index contributed by atoms with van der Waals surface area (Å²) in [4.78, 5) is 43.3. The van der Waals surface area contributed by atoms with E-state index in [4.69, 9.17) is 4.42 Å². The summed E-state index contributed by atoms with van der Waals surface area (Å²) in [5.41, 5.74) is 0.239. The van der Waals surface area contributed by atoms with Crippen LogP contribution in [0.5, 0.6) is 0 Å². The molecule has 1 aliphatic heterocycles. The van der Waals surface area contributed by atoms with Crippen LogP contribution in [0, 0.1) is 22.9 Å². The van der Waals surface area contributed by atoms with Crippen molar-refractivity contribution in [1.82, 2.24) is 4.98 Å². The van der Waals surface area contributed by atoms with Crippen molar-refractivity contribution < 1.29 is 18.5 Å². The molecule has 2 aromatic heterocycles. The van der Waals surface area contributed by atoms with Crippen LogP contribution >= 0.6 is 0 Å². The predicted octanol–water partition coefficient (Wildman–Crippen LogP) is 4.29. The van der Waals surface area contributed by atoms with Crippen molar-refractivity contribution >= 4 is 28.4 Å². The van der Waals surface area contributed by atoms with E-state index in [0.717, 1.165) is 12.1 Å². The molecule has 32 heavy (non-hydrogen) atoms. The fraction of sp³-hybridized carbons (Fsp3) is 0.0870. The van der Waals surface area contributed by atoms with Crippen LogP contribution in [0.2, 0.25) is 0 Å². The Hall–Kier alpha value is -4.40. The molecule has 0 radical (unpaired) electrons. The number of carbonyl (C=O) groups is 1. The second-order valence-corrected chi connectivity index (χ2v) is 7.38. The molecule has 0 unspecified atom stereocenters. The number of halogens is 1. The molecule has 4 aromatic rings. The third-order valence-corrected chi connectivity index (χ3v) is 5.35. The lowest BCUT2D eigenvalue weighted by Crippen LogP contribution is -2.30. The first kappa shape index (κ1) is 19.6. The van der Waals surface area contributed by atoms with Crippen molar-refractivity contribution in [3.05, 3.63) is 109 Å². The molecule has 5 rings (SSSR count). The van der Waals surface area contributed by atoms with E-state index >= 15 is 0 Å². The highest BCUT2D eigenvalue weighted by Gasteiger charge is 2.44. The van der Waals surface area contributed by atoms with Crippen molar-refractivity contribution in [2.75, 3.05) is 4.90 Å². The van der Waals surface area contributed by atoms with E-state index < -0.39 is 28.1 Å². The number of aryl methyl sites for hydroxylation is 1. The van der Waals surface area contributed by atoms with Crippen molar-refractivity contribution in [3.63, 3.8) is 0 Å². The standard InChI is InChI=1S/C23H14FN3O5/c1-12-4-2-7-18(25-12)26-20(13-5-3-6-15(10-13)27(30)31)19-21(28)16-11-14(24)8-9-17(16)32-22(19)23(26)29/h2-11,20H,1H3/t20-/m1/s1. The SMILES string of the molecule is Cc1cccc(N2C(=O)c3oc4ccc(F)cc4c(=O)c3[C@H]2c2cccc([N+](=O)[O-])c2)n1. The van der Waals surface area contributed by atoms with Gasteiger partial charge in [0.05, 0.1) is 21.9 Å². The molecule has 0 N–H and O–H groups in total. The summed E-state index contributed by atoms with van der Waals surface area (Å²) in [6.45, 7) is 1.75. The molecule has 8 nitrogen and oxygen atoms in total. The summed E-state index contributed by atoms with van der Waals surface area (Å²) in [5, 5.41) is 11.3. The zero-order valence-corrected chi connectivity index (χ0v) is 16.6. The second kappa shape index (κ2) is 7.09. The highest BCUT2D eigenvalue weighted by Crippen LogP contribution is 2.41. The lowest BCUT2D eigenvalue weighted by molar-refractivity contribution is -0.384. The summed E-state index contributed by atoms with van der Waals surface area (Å²) < 4.78 is 19.6. The van der Waals surface area contributed by atoms with Crippen molar-refractivity contribution in [3.8, 4) is 0 Å². The van der Waals surface area contributed by atoms with Gasteiger partial charge in [0, 0.05) is 17.8 Å². The molecule has 1 aliphatic rings. The van der Waals surface area contributed by atoms with Gasteiger partial charge in [-0.25, -0.2) is 9.37 Å². The van der Waals surface area contributed by atoms with Gasteiger partial charge >= 0.3 is 0 Å². The number of carbonyl (C=O) groups excluding carboxylic acids is 1. The van der Waals surface area contributed by atoms with Gasteiger partial charge in [-0.2, -0.15) is 0 Å². The number of amides is 1. The lowest BCUT2D eigenvalue weighted by Gasteiger charge is -2.24. The molecule has 3 heterocycles. The molecule has 0 bridgehead atoms. The van der Waals surface area contributed by atoms with Gasteiger partial charge in [0.25, 0.3) is 11.6 Å². The fourth-order valence-corrected chi connectivity index (χ4v) is 3.97. The van der Waals surface area contributed by atoms with Gasteiger partial charge in [-0.3, -0.25) is 24.6 Å². The summed E-state index contributed by atoms with van der Waals surface area (Å²) in [7, 11) is 0. The summed E-state index contributed by atoms with van der Waals surface area (Å²) in [6, 6.07) is 13.2. The maximum atomic E-state index is 13.9. The molecule has 0 saturated carbocycles. The van der Waals surface area contributed by atoms with Gasteiger partial charge in [-0.1, -0.05) is 18.2 Å². The van der Waals surface area contributed by atoms with Crippen LogP contribution in [-0.2, 0) is 0 Å². The highest BCUT2D eigenvalue weighted by molar-refractivity contribution is 6.10. The van der Waals surface area contributed by atoms with Gasteiger partial charge in [-0.15, -0.1) is 0 Å². The predicted molar refractivity (Wildman–Crippen MR) is 113 cm³/mol. The molecule has 9 heteroatoms. The van der Waals surface area contributed by atoms with Gasteiger partial charge < -0.3 is 4.42 Å². The highest BCUT2D eigenvalue weighted by atomic mass is 19.1. The van der Waals surface area contributed by atoms with E-state index in [-0.39, 0.29) is 33.8 Å². The van der Waals surface area contributed by atoms with Gasteiger partial charge in [0.2, 0.25) is 5.76 Å². The maximum Gasteiger partial charge on any atom is 0.296 e. The van der Waals surface area contributed by atoms with Crippen LogP contribution in [0.3, 0.4) is 0 Å². The van der Waals surface area contributed by atoms with Crippen LogP contribution in [0.4, 0.5) is 15.9 Å². The first-order valence-electron chi connectivity index (χ1n) is 9.63. The van der Waals surface area contributed by atoms with E-state index in [1.807, 2.05) is 0 Å². The first-order valence-corrected chi connectivity index (χ1v) is 9.63. The Morgan fingerprint density at radius 1 is 1.09 bits per heavy atom. The topological polar surface area (TPSA) is 107 Å². The van der Waals surface area contributed by atoms with E-state index in [1.54, 1.807) is 31.2 Å². The van der Waals surface area contributed by atoms with Gasteiger partial charge in [-0.05, 0) is 42.8 Å². The Morgan fingerprint density at radius 3 is 2.62 bits per heavy atom. The second-order valence-electron chi connectivity index (χ2n) is 7.38. The Balaban J connectivity index is 1.83. The molecule has 0 fully saturated rings. The largest absolute Gasteiger partial charge is 0.450 e. The number of nitro benzene ring substituents is 1. The van der Waals surface area contributed by atoms with Crippen LogP contribution < -0.4 is 10.3 Å². The Kier molecular flexibility index (Phi) is 4.33. The van der Waals surface area contributed by atoms with Crippen LogP contribution in [-0.4, -0.2) is 15.8 Å². The van der Waals surface area contributed by atoms with Crippen LogP contribution in [0.1, 0.15) is 33.4 Å². The third-order valence-electron chi connectivity index (χ3n) is 5.35. The molecule has 0 saturated heterocycles. The number of aromatic nitrogens is 1. The van der Waals surface area contributed by atoms with Crippen molar-refractivity contribution in [2.24, 2.45) is 0 Å². The molecule has 158 valence electrons. The average molecular weight is 431 g/mol. The molecule has 0 aliphatic carbocycles. The number of hydrogen-bond donors (Lipinski definition) is 0. The Bertz CT molecular complexity index is 1500. The normalized spacial score (nSPS) is 15.2. The number of fused-ring (bicyclic) bond motifs is 2. The first-order chi connectivity index (χ1) is 15.3. The number of non-ortho nitro benzene ring substituents is 1. The number of hydrogen-bond acceptors (Lipinski definition) is 6. The minimum atomic E-state index is -1.03. The Labute approximate surface area is 179 Å². The molecule has 0 spiro atoms. The zero-order valence-electron chi connectivity index (χ0n) is 16.6. The van der Waals surface area contributed by atoms with Crippen LogP contribution in [0.15, 0.2) is 69.9 Å². The number of rotatable bonds is 3. The van der Waals surface area contributed by atoms with Crippen molar-refractivity contribution in [1.29, 1.82) is 0 Å². The monoisotopic (exact) mass is 431 g/mol. The summed E-state index contributed by atoms with van der Waals surface area (Å²) >= 11 is 0. The molecule has 2 aromatic carbocycles. The van der Waals surface area contributed by atoms with Gasteiger partial charge in [0.15, 0.2) is 5.43 Å². The number of benzene rings is 2. The molecular formula is C23H14FN3O5. The van der Waals surface area contributed by atoms with Gasteiger partial charge in [0.1, 0.15) is 17.2 Å².